The Morgan fingerprint density at radius 3 is 2.97 bits per heavy atom. The number of aromatic nitrogens is 2. The number of nitrogens with one attached hydrogen (secondary N) is 1. The van der Waals surface area contributed by atoms with Crippen LogP contribution in [0.2, 0.25) is 0 Å². The third kappa shape index (κ3) is 3.83. The number of carbonyl (C=O) groups excluding carboxylic acids is 2. The summed E-state index contributed by atoms with van der Waals surface area (Å²) in [7, 11) is 1.98. The fourth-order valence-electron chi connectivity index (χ4n) is 3.01. The first-order valence-corrected chi connectivity index (χ1v) is 10.6. The first kappa shape index (κ1) is 19.4. The molecule has 1 aliphatic heterocycles. The summed E-state index contributed by atoms with van der Waals surface area (Å²) in [5.74, 6) is -0.617. The van der Waals surface area contributed by atoms with Gasteiger partial charge in [0.2, 0.25) is 5.13 Å². The molecule has 1 saturated heterocycles. The maximum Gasteiger partial charge on any atom is 0.350 e. The van der Waals surface area contributed by atoms with Crippen LogP contribution in [-0.2, 0) is 16.6 Å². The second kappa shape index (κ2) is 7.84. The summed E-state index contributed by atoms with van der Waals surface area (Å²) in [5.41, 5.74) is 2.63. The Hall–Kier alpha value is -2.91. The van der Waals surface area contributed by atoms with Crippen LogP contribution in [0.1, 0.15) is 27.9 Å². The molecule has 1 fully saturated rings. The number of thioether (sulfide) groups is 1. The number of carbonyl (C=O) groups is 2. The van der Waals surface area contributed by atoms with Crippen LogP contribution in [0.15, 0.2) is 40.4 Å². The van der Waals surface area contributed by atoms with Gasteiger partial charge in [-0.05, 0) is 37.8 Å². The van der Waals surface area contributed by atoms with Crippen LogP contribution in [0, 0.1) is 6.92 Å². The molecule has 1 amide bonds. The van der Waals surface area contributed by atoms with E-state index in [1.54, 1.807) is 13.8 Å². The van der Waals surface area contributed by atoms with Crippen LogP contribution in [0.4, 0.5) is 5.13 Å². The number of hydrogen-bond acceptors (Lipinski definition) is 7. The minimum absolute atomic E-state index is 0.208. The Morgan fingerprint density at radius 2 is 2.17 bits per heavy atom. The molecule has 0 saturated carbocycles. The molecular formula is C20H18N4O3S2. The highest BCUT2D eigenvalue weighted by Crippen LogP contribution is 2.32. The normalized spacial score (nSPS) is 16.7. The van der Waals surface area contributed by atoms with Crippen LogP contribution in [0.5, 0.6) is 0 Å². The Kier molecular flexibility index (Phi) is 5.25. The number of benzene rings is 1. The van der Waals surface area contributed by atoms with Crippen LogP contribution in [0.25, 0.3) is 17.0 Å². The largest absolute Gasteiger partial charge is 0.462 e. The average Bonchev–Trinajstić information content (AvgIpc) is 3.33. The van der Waals surface area contributed by atoms with Gasteiger partial charge in [-0.15, -0.1) is 0 Å². The molecular weight excluding hydrogens is 408 g/mol. The van der Waals surface area contributed by atoms with Crippen LogP contribution < -0.4 is 5.32 Å². The van der Waals surface area contributed by atoms with Crippen molar-refractivity contribution in [3.63, 3.8) is 0 Å². The van der Waals surface area contributed by atoms with Gasteiger partial charge in [-0.1, -0.05) is 29.5 Å². The molecule has 4 rings (SSSR count). The highest BCUT2D eigenvalue weighted by molar-refractivity contribution is 8.18. The van der Waals surface area contributed by atoms with Crippen LogP contribution in [-0.4, -0.2) is 33.2 Å². The number of thiazole rings is 1. The minimum atomic E-state index is -0.409. The molecule has 1 N–H and O–H groups in total. The molecule has 3 heterocycles. The van der Waals surface area contributed by atoms with Gasteiger partial charge in [0.25, 0.3) is 5.91 Å². The maximum atomic E-state index is 12.4. The lowest BCUT2D eigenvalue weighted by Crippen LogP contribution is -2.19. The summed E-state index contributed by atoms with van der Waals surface area (Å²) in [4.78, 5) is 34.0. The first-order valence-electron chi connectivity index (χ1n) is 8.94. The summed E-state index contributed by atoms with van der Waals surface area (Å²) in [6.07, 6.45) is 3.86. The predicted molar refractivity (Wildman–Crippen MR) is 117 cm³/mol. The van der Waals surface area contributed by atoms with E-state index in [0.717, 1.165) is 27.8 Å². The van der Waals surface area contributed by atoms with Gasteiger partial charge in [0.05, 0.1) is 17.2 Å². The van der Waals surface area contributed by atoms with Gasteiger partial charge in [-0.3, -0.25) is 4.79 Å². The van der Waals surface area contributed by atoms with E-state index in [1.807, 2.05) is 48.2 Å². The highest BCUT2D eigenvalue weighted by Gasteiger charge is 2.25. The van der Waals surface area contributed by atoms with Crippen molar-refractivity contribution >= 4 is 62.3 Å². The molecule has 0 bridgehead atoms. The number of amides is 1. The maximum absolute atomic E-state index is 12.4. The Balaban J connectivity index is 1.60. The van der Waals surface area contributed by atoms with E-state index >= 15 is 0 Å². The van der Waals surface area contributed by atoms with Gasteiger partial charge >= 0.3 is 5.97 Å². The van der Waals surface area contributed by atoms with Crippen molar-refractivity contribution in [3.8, 4) is 0 Å². The molecule has 0 atom stereocenters. The quantitative estimate of drug-likeness (QED) is 0.503. The van der Waals surface area contributed by atoms with E-state index in [2.05, 4.69) is 15.3 Å². The van der Waals surface area contributed by atoms with E-state index in [0.29, 0.717) is 32.4 Å². The fourth-order valence-corrected chi connectivity index (χ4v) is 4.72. The topological polar surface area (TPSA) is 85.6 Å². The molecule has 2 aromatic heterocycles. The number of esters is 1. The van der Waals surface area contributed by atoms with Crippen molar-refractivity contribution in [1.29, 1.82) is 0 Å². The molecule has 0 aliphatic carbocycles. The predicted octanol–water partition coefficient (Wildman–Crippen LogP) is 4.01. The van der Waals surface area contributed by atoms with E-state index in [4.69, 9.17) is 4.74 Å². The van der Waals surface area contributed by atoms with Crippen molar-refractivity contribution in [1.82, 2.24) is 14.9 Å². The number of aliphatic imine (C=N–C) groups is 1. The average molecular weight is 427 g/mol. The van der Waals surface area contributed by atoms with Crippen molar-refractivity contribution < 1.29 is 14.3 Å². The molecule has 0 unspecified atom stereocenters. The molecule has 3 aromatic rings. The van der Waals surface area contributed by atoms with Crippen molar-refractivity contribution in [2.24, 2.45) is 12.0 Å². The molecule has 29 heavy (non-hydrogen) atoms. The number of rotatable bonds is 4. The number of nitrogens with zero attached hydrogens (tertiary/aromatic N) is 3. The van der Waals surface area contributed by atoms with Crippen molar-refractivity contribution in [2.75, 3.05) is 6.61 Å². The zero-order chi connectivity index (χ0) is 20.5. The third-order valence-electron chi connectivity index (χ3n) is 4.31. The number of para-hydroxylation sites is 1. The summed E-state index contributed by atoms with van der Waals surface area (Å²) >= 11 is 2.40. The van der Waals surface area contributed by atoms with Crippen LogP contribution >= 0.6 is 23.1 Å². The molecule has 1 aliphatic rings. The number of aryl methyl sites for hydroxylation is 2. The zero-order valence-electron chi connectivity index (χ0n) is 16.1. The van der Waals surface area contributed by atoms with Crippen LogP contribution in [0.3, 0.4) is 0 Å². The molecule has 1 aromatic carbocycles. The van der Waals surface area contributed by atoms with Gasteiger partial charge in [-0.2, -0.15) is 4.99 Å². The monoisotopic (exact) mass is 426 g/mol. The number of fused-ring (bicyclic) bond motifs is 1. The summed E-state index contributed by atoms with van der Waals surface area (Å²) in [6, 6.07) is 8.04. The van der Waals surface area contributed by atoms with Gasteiger partial charge in [0.15, 0.2) is 5.17 Å². The molecule has 148 valence electrons. The summed E-state index contributed by atoms with van der Waals surface area (Å²) < 4.78 is 7.06. The lowest BCUT2D eigenvalue weighted by molar-refractivity contribution is -0.115. The smallest absolute Gasteiger partial charge is 0.350 e. The molecule has 0 spiro atoms. The number of hydrogen-bond donors (Lipinski definition) is 1. The van der Waals surface area contributed by atoms with Crippen molar-refractivity contribution in [2.45, 2.75) is 13.8 Å². The summed E-state index contributed by atoms with van der Waals surface area (Å²) in [6.45, 7) is 3.79. The Morgan fingerprint density at radius 1 is 1.38 bits per heavy atom. The lowest BCUT2D eigenvalue weighted by Gasteiger charge is -1.97. The Labute approximate surface area is 175 Å². The molecule has 9 heteroatoms. The van der Waals surface area contributed by atoms with Crippen molar-refractivity contribution in [3.05, 3.63) is 51.5 Å². The van der Waals surface area contributed by atoms with Gasteiger partial charge in [-0.25, -0.2) is 9.78 Å². The van der Waals surface area contributed by atoms with Gasteiger partial charge in [0, 0.05) is 29.7 Å². The third-order valence-corrected chi connectivity index (χ3v) is 6.25. The van der Waals surface area contributed by atoms with E-state index in [1.165, 1.54) is 11.8 Å². The van der Waals surface area contributed by atoms with E-state index in [-0.39, 0.29) is 5.91 Å². The second-order valence-corrected chi connectivity index (χ2v) is 8.33. The lowest BCUT2D eigenvalue weighted by atomic mass is 10.1. The summed E-state index contributed by atoms with van der Waals surface area (Å²) in [5, 5.41) is 4.68. The first-order chi connectivity index (χ1) is 14.0. The molecule has 0 radical (unpaired) electrons. The standard InChI is InChI=1S/C20H18N4O3S2/c1-4-27-18(26)16-11(2)21-19(29-16)23-20-22-17(25)15(28-20)9-12-10-24(3)14-8-6-5-7-13(12)14/h5-10H,4H2,1-3H3,(H,21,22,23,25)/b15-9-. The Bertz CT molecular complexity index is 1190. The van der Waals surface area contributed by atoms with Gasteiger partial charge in [0.1, 0.15) is 4.88 Å². The van der Waals surface area contributed by atoms with E-state index < -0.39 is 5.97 Å². The second-order valence-electron chi connectivity index (χ2n) is 6.33. The SMILES string of the molecule is CCOC(=O)c1sc(/N=C2\NC(=O)/C(=C/c3cn(C)c4ccccc34)S2)nc1C. The van der Waals surface area contributed by atoms with Gasteiger partial charge < -0.3 is 14.6 Å². The zero-order valence-corrected chi connectivity index (χ0v) is 17.7. The molecule has 7 nitrogen and oxygen atoms in total. The highest BCUT2D eigenvalue weighted by atomic mass is 32.2. The number of ether oxygens (including phenoxy) is 1. The fraction of sp³-hybridized carbons (Fsp3) is 0.200. The number of amidine groups is 1. The van der Waals surface area contributed by atoms with E-state index in [9.17, 15) is 9.59 Å². The minimum Gasteiger partial charge on any atom is -0.462 e.